The first-order valence-electron chi connectivity index (χ1n) is 5.28. The van der Waals surface area contributed by atoms with E-state index in [2.05, 4.69) is 42.2 Å². The maximum Gasteiger partial charge on any atom is 0.0297 e. The molecule has 0 aliphatic carbocycles. The molecule has 76 valence electrons. The Hall–Kier alpha value is -0.860. The summed E-state index contributed by atoms with van der Waals surface area (Å²) in [6.07, 6.45) is 0. The Balaban J connectivity index is 1.87. The van der Waals surface area contributed by atoms with Crippen molar-refractivity contribution in [1.29, 1.82) is 0 Å². The average Bonchev–Trinajstić information content (AvgIpc) is 2.17. The molecule has 1 saturated heterocycles. The van der Waals surface area contributed by atoms with Crippen LogP contribution in [0, 0.1) is 0 Å². The Morgan fingerprint density at radius 1 is 1.36 bits per heavy atom. The highest BCUT2D eigenvalue weighted by molar-refractivity contribution is 5.19. The summed E-state index contributed by atoms with van der Waals surface area (Å²) in [5.74, 6) is 0.615. The summed E-state index contributed by atoms with van der Waals surface area (Å²) >= 11 is 0. The standard InChI is InChI=1S/C12H18N2/c1-10(7-14-8-12(13)9-14)11-5-3-2-4-6-11/h2-6,10,12H,7-9,13H2,1H3/t10-/m1/s1. The third kappa shape index (κ3) is 2.14. The minimum absolute atomic E-state index is 0.415. The average molecular weight is 190 g/mol. The van der Waals surface area contributed by atoms with Crippen LogP contribution in [0.5, 0.6) is 0 Å². The summed E-state index contributed by atoms with van der Waals surface area (Å²) < 4.78 is 0. The number of likely N-dealkylation sites (tertiary alicyclic amines) is 1. The van der Waals surface area contributed by atoms with Gasteiger partial charge in [0.1, 0.15) is 0 Å². The van der Waals surface area contributed by atoms with E-state index in [0.717, 1.165) is 19.6 Å². The maximum absolute atomic E-state index is 5.74. The molecule has 2 rings (SSSR count). The molecule has 1 aliphatic heterocycles. The van der Waals surface area contributed by atoms with Crippen molar-refractivity contribution in [3.05, 3.63) is 35.9 Å². The molecule has 2 N–H and O–H groups in total. The third-order valence-electron chi connectivity index (χ3n) is 2.89. The summed E-state index contributed by atoms with van der Waals surface area (Å²) in [5.41, 5.74) is 7.17. The molecule has 0 unspecified atom stereocenters. The van der Waals surface area contributed by atoms with Crippen LogP contribution in [0.1, 0.15) is 18.4 Å². The Morgan fingerprint density at radius 2 is 2.00 bits per heavy atom. The van der Waals surface area contributed by atoms with E-state index < -0.39 is 0 Å². The second-order valence-corrected chi connectivity index (χ2v) is 4.29. The predicted octanol–water partition coefficient (Wildman–Crippen LogP) is 1.43. The summed E-state index contributed by atoms with van der Waals surface area (Å²) in [4.78, 5) is 2.42. The first-order chi connectivity index (χ1) is 6.75. The lowest BCUT2D eigenvalue weighted by atomic mass is 9.98. The number of benzene rings is 1. The predicted molar refractivity (Wildman–Crippen MR) is 59.3 cm³/mol. The number of nitrogens with zero attached hydrogens (tertiary/aromatic N) is 1. The number of hydrogen-bond donors (Lipinski definition) is 1. The molecule has 2 nitrogen and oxygen atoms in total. The van der Waals surface area contributed by atoms with Gasteiger partial charge in [-0.2, -0.15) is 0 Å². The van der Waals surface area contributed by atoms with Crippen molar-refractivity contribution in [2.45, 2.75) is 18.9 Å². The molecule has 0 saturated carbocycles. The van der Waals surface area contributed by atoms with Crippen molar-refractivity contribution in [3.63, 3.8) is 0 Å². The van der Waals surface area contributed by atoms with Crippen LogP contribution < -0.4 is 5.73 Å². The van der Waals surface area contributed by atoms with Crippen LogP contribution in [0.15, 0.2) is 30.3 Å². The topological polar surface area (TPSA) is 29.3 Å². The van der Waals surface area contributed by atoms with Gasteiger partial charge >= 0.3 is 0 Å². The van der Waals surface area contributed by atoms with Crippen molar-refractivity contribution in [1.82, 2.24) is 4.90 Å². The van der Waals surface area contributed by atoms with Gasteiger partial charge < -0.3 is 5.73 Å². The van der Waals surface area contributed by atoms with Crippen LogP contribution in [-0.2, 0) is 0 Å². The van der Waals surface area contributed by atoms with E-state index in [1.165, 1.54) is 5.56 Å². The van der Waals surface area contributed by atoms with Gasteiger partial charge in [-0.15, -0.1) is 0 Å². The van der Waals surface area contributed by atoms with E-state index in [1.54, 1.807) is 0 Å². The Morgan fingerprint density at radius 3 is 2.57 bits per heavy atom. The van der Waals surface area contributed by atoms with E-state index in [1.807, 2.05) is 0 Å². The summed E-state index contributed by atoms with van der Waals surface area (Å²) in [6.45, 7) is 5.55. The van der Waals surface area contributed by atoms with Gasteiger partial charge in [-0.05, 0) is 11.5 Å². The zero-order chi connectivity index (χ0) is 9.97. The van der Waals surface area contributed by atoms with Gasteiger partial charge in [0.25, 0.3) is 0 Å². The molecular weight excluding hydrogens is 172 g/mol. The number of rotatable bonds is 3. The summed E-state index contributed by atoms with van der Waals surface area (Å²) in [5, 5.41) is 0. The van der Waals surface area contributed by atoms with E-state index in [-0.39, 0.29) is 0 Å². The minimum Gasteiger partial charge on any atom is -0.325 e. The fourth-order valence-corrected chi connectivity index (χ4v) is 2.03. The van der Waals surface area contributed by atoms with Crippen molar-refractivity contribution in [2.24, 2.45) is 5.73 Å². The first kappa shape index (κ1) is 9.69. The monoisotopic (exact) mass is 190 g/mol. The fraction of sp³-hybridized carbons (Fsp3) is 0.500. The minimum atomic E-state index is 0.415. The van der Waals surface area contributed by atoms with E-state index in [4.69, 9.17) is 5.73 Å². The second-order valence-electron chi connectivity index (χ2n) is 4.29. The van der Waals surface area contributed by atoms with Crippen LogP contribution >= 0.6 is 0 Å². The van der Waals surface area contributed by atoms with Crippen molar-refractivity contribution >= 4 is 0 Å². The maximum atomic E-state index is 5.74. The van der Waals surface area contributed by atoms with Crippen LogP contribution in [0.4, 0.5) is 0 Å². The highest BCUT2D eigenvalue weighted by Crippen LogP contribution is 2.18. The van der Waals surface area contributed by atoms with E-state index in [9.17, 15) is 0 Å². The second kappa shape index (κ2) is 4.11. The number of nitrogens with two attached hydrogens (primary N) is 1. The van der Waals surface area contributed by atoms with Crippen molar-refractivity contribution < 1.29 is 0 Å². The summed E-state index contributed by atoms with van der Waals surface area (Å²) in [6, 6.07) is 11.1. The van der Waals surface area contributed by atoms with Crippen molar-refractivity contribution in [2.75, 3.05) is 19.6 Å². The van der Waals surface area contributed by atoms with E-state index >= 15 is 0 Å². The normalized spacial score (nSPS) is 20.4. The molecule has 0 bridgehead atoms. The molecule has 14 heavy (non-hydrogen) atoms. The largest absolute Gasteiger partial charge is 0.325 e. The molecule has 1 aromatic carbocycles. The molecule has 1 atom stereocenters. The quantitative estimate of drug-likeness (QED) is 0.781. The molecule has 0 radical (unpaired) electrons. The molecule has 0 amide bonds. The molecule has 2 heteroatoms. The molecule has 1 fully saturated rings. The fourth-order valence-electron chi connectivity index (χ4n) is 2.03. The molecule has 1 aliphatic rings. The SMILES string of the molecule is C[C@H](CN1CC(N)C1)c1ccccc1. The van der Waals surface area contributed by atoms with Crippen LogP contribution in [0.25, 0.3) is 0 Å². The highest BCUT2D eigenvalue weighted by Gasteiger charge is 2.24. The number of hydrogen-bond acceptors (Lipinski definition) is 2. The van der Waals surface area contributed by atoms with Crippen LogP contribution in [0.2, 0.25) is 0 Å². The Bertz CT molecular complexity index is 278. The molecular formula is C12H18N2. The third-order valence-corrected chi connectivity index (χ3v) is 2.89. The molecule has 0 spiro atoms. The lowest BCUT2D eigenvalue weighted by Crippen LogP contribution is -2.56. The van der Waals surface area contributed by atoms with Gasteiger partial charge in [0.15, 0.2) is 0 Å². The van der Waals surface area contributed by atoms with Gasteiger partial charge in [-0.1, -0.05) is 37.3 Å². The first-order valence-corrected chi connectivity index (χ1v) is 5.28. The highest BCUT2D eigenvalue weighted by atomic mass is 15.2. The van der Waals surface area contributed by atoms with Crippen LogP contribution in [-0.4, -0.2) is 30.6 Å². The lowest BCUT2D eigenvalue weighted by molar-refractivity contribution is 0.143. The van der Waals surface area contributed by atoms with Gasteiger partial charge in [0.05, 0.1) is 0 Å². The van der Waals surface area contributed by atoms with Gasteiger partial charge in [0, 0.05) is 25.7 Å². The summed E-state index contributed by atoms with van der Waals surface area (Å²) in [7, 11) is 0. The van der Waals surface area contributed by atoms with Gasteiger partial charge in [-0.25, -0.2) is 0 Å². The zero-order valence-electron chi connectivity index (χ0n) is 8.69. The smallest absolute Gasteiger partial charge is 0.0297 e. The van der Waals surface area contributed by atoms with Gasteiger partial charge in [-0.3, -0.25) is 4.90 Å². The molecule has 1 aromatic rings. The zero-order valence-corrected chi connectivity index (χ0v) is 8.69. The lowest BCUT2D eigenvalue weighted by Gasteiger charge is -2.38. The molecule has 0 aromatic heterocycles. The van der Waals surface area contributed by atoms with Crippen molar-refractivity contribution in [3.8, 4) is 0 Å². The molecule has 1 heterocycles. The Labute approximate surface area is 85.7 Å². The van der Waals surface area contributed by atoms with Gasteiger partial charge in [0.2, 0.25) is 0 Å². The van der Waals surface area contributed by atoms with E-state index in [0.29, 0.717) is 12.0 Å². The van der Waals surface area contributed by atoms with Crippen LogP contribution in [0.3, 0.4) is 0 Å². The Kier molecular flexibility index (Phi) is 2.85.